The number of esters is 1. The van der Waals surface area contributed by atoms with Crippen molar-refractivity contribution in [1.82, 2.24) is 0 Å². The summed E-state index contributed by atoms with van der Waals surface area (Å²) in [5.74, 6) is 2.62. The summed E-state index contributed by atoms with van der Waals surface area (Å²) in [5.41, 5.74) is 0.737. The first-order valence-corrected chi connectivity index (χ1v) is 11.3. The molecule has 4 rings (SSSR count). The smallest absolute Gasteiger partial charge is 0.308 e. The summed E-state index contributed by atoms with van der Waals surface area (Å²) in [4.78, 5) is 37.0. The summed E-state index contributed by atoms with van der Waals surface area (Å²) in [6, 6.07) is 0. The Morgan fingerprint density at radius 1 is 1.14 bits per heavy atom. The van der Waals surface area contributed by atoms with Crippen molar-refractivity contribution >= 4 is 29.1 Å². The van der Waals surface area contributed by atoms with Gasteiger partial charge in [-0.15, -0.1) is 11.6 Å². The number of fused-ring (bicyclic) bond motifs is 5. The minimum atomic E-state index is -0.415. The van der Waals surface area contributed by atoms with E-state index < -0.39 is 5.97 Å². The molecule has 0 aromatic heterocycles. The van der Waals surface area contributed by atoms with Crippen LogP contribution in [0.4, 0.5) is 0 Å². The van der Waals surface area contributed by atoms with Crippen LogP contribution in [0.2, 0.25) is 0 Å². The van der Waals surface area contributed by atoms with Crippen molar-refractivity contribution in [2.24, 2.45) is 34.5 Å². The van der Waals surface area contributed by atoms with Gasteiger partial charge < -0.3 is 4.74 Å². The lowest BCUT2D eigenvalue weighted by atomic mass is 9.46. The molecule has 0 unspecified atom stereocenters. The molecule has 3 fully saturated rings. The highest BCUT2D eigenvalue weighted by molar-refractivity contribution is 6.17. The summed E-state index contributed by atoms with van der Waals surface area (Å²) in [5, 5.41) is 0. The van der Waals surface area contributed by atoms with Crippen molar-refractivity contribution in [2.75, 3.05) is 5.88 Å². The van der Waals surface area contributed by atoms with Gasteiger partial charge in [0, 0.05) is 31.1 Å². The second-order valence-electron chi connectivity index (χ2n) is 9.90. The summed E-state index contributed by atoms with van der Waals surface area (Å²) in [6.45, 7) is 5.82. The van der Waals surface area contributed by atoms with Crippen LogP contribution in [0, 0.1) is 34.5 Å². The van der Waals surface area contributed by atoms with Gasteiger partial charge in [0.1, 0.15) is 5.78 Å². The summed E-state index contributed by atoms with van der Waals surface area (Å²) in [6.07, 6.45) is 6.55. The van der Waals surface area contributed by atoms with E-state index in [1.54, 1.807) is 0 Å². The van der Waals surface area contributed by atoms with Gasteiger partial charge in [-0.05, 0) is 73.2 Å². The molecule has 4 nitrogen and oxygen atoms in total. The molecule has 4 aliphatic carbocycles. The van der Waals surface area contributed by atoms with Crippen molar-refractivity contribution in [3.05, 3.63) is 11.3 Å². The number of hydrogen-bond donors (Lipinski definition) is 0. The highest BCUT2D eigenvalue weighted by Crippen LogP contribution is 2.66. The van der Waals surface area contributed by atoms with Gasteiger partial charge >= 0.3 is 5.97 Å². The van der Waals surface area contributed by atoms with Gasteiger partial charge in [0.15, 0.2) is 11.5 Å². The zero-order valence-electron chi connectivity index (χ0n) is 17.2. The Balaban J connectivity index is 1.73. The number of halogens is 1. The van der Waals surface area contributed by atoms with E-state index in [0.717, 1.165) is 44.1 Å². The molecule has 3 saturated carbocycles. The predicted molar refractivity (Wildman–Crippen MR) is 107 cm³/mol. The first-order valence-electron chi connectivity index (χ1n) is 10.8. The number of ether oxygens (including phenoxy) is 1. The van der Waals surface area contributed by atoms with Crippen LogP contribution in [-0.2, 0) is 19.1 Å². The molecule has 0 amide bonds. The topological polar surface area (TPSA) is 60.4 Å². The molecule has 4 aliphatic rings. The second-order valence-corrected chi connectivity index (χ2v) is 10.3. The van der Waals surface area contributed by atoms with Crippen LogP contribution in [0.1, 0.15) is 72.1 Å². The van der Waals surface area contributed by atoms with E-state index in [2.05, 4.69) is 13.8 Å². The number of alkyl halides is 1. The quantitative estimate of drug-likeness (QED) is 0.497. The van der Waals surface area contributed by atoms with Crippen molar-refractivity contribution in [3.8, 4) is 0 Å². The third-order valence-electron chi connectivity index (χ3n) is 8.64. The molecule has 28 heavy (non-hydrogen) atoms. The molecule has 0 bridgehead atoms. The maximum Gasteiger partial charge on any atom is 0.308 e. The fraction of sp³-hybridized carbons (Fsp3) is 0.783. The number of rotatable bonds is 3. The Kier molecular flexibility index (Phi) is 5.01. The van der Waals surface area contributed by atoms with Gasteiger partial charge in [0.25, 0.3) is 0 Å². The molecule has 0 aromatic carbocycles. The predicted octanol–water partition coefficient (Wildman–Crippen LogP) is 4.83. The lowest BCUT2D eigenvalue weighted by Crippen LogP contribution is -2.52. The molecular formula is C23H31ClO4. The highest BCUT2D eigenvalue weighted by atomic mass is 35.5. The molecule has 154 valence electrons. The third kappa shape index (κ3) is 2.81. The van der Waals surface area contributed by atoms with E-state index in [1.165, 1.54) is 6.92 Å². The summed E-state index contributed by atoms with van der Waals surface area (Å²) >= 11 is 6.10. The van der Waals surface area contributed by atoms with Crippen molar-refractivity contribution in [3.63, 3.8) is 0 Å². The molecule has 5 heteroatoms. The van der Waals surface area contributed by atoms with Gasteiger partial charge in [-0.2, -0.15) is 0 Å². The van der Waals surface area contributed by atoms with E-state index >= 15 is 0 Å². The molecule has 0 saturated heterocycles. The van der Waals surface area contributed by atoms with E-state index in [0.29, 0.717) is 53.9 Å². The minimum absolute atomic E-state index is 0.0298. The summed E-state index contributed by atoms with van der Waals surface area (Å²) < 4.78 is 5.42. The van der Waals surface area contributed by atoms with Gasteiger partial charge in [0.2, 0.25) is 0 Å². The zero-order valence-corrected chi connectivity index (χ0v) is 17.9. The molecule has 0 heterocycles. The largest absolute Gasteiger partial charge is 0.423 e. The molecule has 0 aliphatic heterocycles. The Hall–Kier alpha value is -1.16. The standard InChI is InChI=1S/C23H31ClO4/c1-13(25)28-21-17-5-4-15-16(22(17,2)10-7-18(21)26)6-9-23(3)19(27)12-14(8-11-24)20(15)23/h14-16,20H,4-12H2,1-3H3/t14-,15+,16-,20-,22+,23+/m0/s1. The number of ketones is 2. The van der Waals surface area contributed by atoms with Gasteiger partial charge in [-0.1, -0.05) is 13.8 Å². The molecular weight excluding hydrogens is 376 g/mol. The molecule has 6 atom stereocenters. The normalized spacial score (nSPS) is 42.7. The molecule has 0 N–H and O–H groups in total. The first kappa shape index (κ1) is 20.1. The average Bonchev–Trinajstić information content (AvgIpc) is 2.88. The van der Waals surface area contributed by atoms with Crippen LogP contribution in [0.25, 0.3) is 0 Å². The fourth-order valence-corrected chi connectivity index (χ4v) is 7.67. The van der Waals surface area contributed by atoms with Gasteiger partial charge in [-0.3, -0.25) is 14.4 Å². The lowest BCUT2D eigenvalue weighted by Gasteiger charge is -2.57. The fourth-order valence-electron chi connectivity index (χ4n) is 7.39. The van der Waals surface area contributed by atoms with Crippen LogP contribution in [0.3, 0.4) is 0 Å². The minimum Gasteiger partial charge on any atom is -0.423 e. The van der Waals surface area contributed by atoms with Crippen LogP contribution in [0.15, 0.2) is 11.3 Å². The van der Waals surface area contributed by atoms with E-state index in [1.807, 2.05) is 0 Å². The molecule has 0 spiro atoms. The van der Waals surface area contributed by atoms with E-state index in [4.69, 9.17) is 16.3 Å². The maximum absolute atomic E-state index is 12.9. The number of carbonyl (C=O) groups excluding carboxylic acids is 3. The van der Waals surface area contributed by atoms with Crippen LogP contribution in [0.5, 0.6) is 0 Å². The van der Waals surface area contributed by atoms with Gasteiger partial charge in [-0.25, -0.2) is 0 Å². The van der Waals surface area contributed by atoms with E-state index in [-0.39, 0.29) is 16.6 Å². The Morgan fingerprint density at radius 3 is 2.57 bits per heavy atom. The number of allylic oxidation sites excluding steroid dienone is 1. The Morgan fingerprint density at radius 2 is 1.89 bits per heavy atom. The average molecular weight is 407 g/mol. The summed E-state index contributed by atoms with van der Waals surface area (Å²) in [7, 11) is 0. The molecule has 0 aromatic rings. The first-order chi connectivity index (χ1) is 13.2. The third-order valence-corrected chi connectivity index (χ3v) is 8.86. The van der Waals surface area contributed by atoms with Crippen molar-refractivity contribution in [1.29, 1.82) is 0 Å². The monoisotopic (exact) mass is 406 g/mol. The van der Waals surface area contributed by atoms with E-state index in [9.17, 15) is 14.4 Å². The zero-order chi connectivity index (χ0) is 20.3. The van der Waals surface area contributed by atoms with Gasteiger partial charge in [0.05, 0.1) is 0 Å². The molecule has 0 radical (unpaired) electrons. The SMILES string of the molecule is CC(=O)OC1=C2CC[C@H]3[C@@H]4[C@@H](CCCl)CC(=O)[C@@]4(C)CC[C@@H]3[C@@]2(C)CCC1=O. The lowest BCUT2D eigenvalue weighted by molar-refractivity contribution is -0.143. The maximum atomic E-state index is 12.9. The van der Waals surface area contributed by atoms with Crippen LogP contribution < -0.4 is 0 Å². The number of Topliss-reactive ketones (excluding diaryl/α,β-unsaturated/α-hetero) is 2. The number of hydrogen-bond acceptors (Lipinski definition) is 4. The Bertz CT molecular complexity index is 756. The number of carbonyl (C=O) groups is 3. The van der Waals surface area contributed by atoms with Crippen molar-refractivity contribution in [2.45, 2.75) is 72.1 Å². The van der Waals surface area contributed by atoms with Crippen molar-refractivity contribution < 1.29 is 19.1 Å². The second kappa shape index (κ2) is 6.97. The van der Waals surface area contributed by atoms with Crippen LogP contribution >= 0.6 is 11.6 Å². The van der Waals surface area contributed by atoms with Crippen LogP contribution in [-0.4, -0.2) is 23.4 Å². The highest BCUT2D eigenvalue weighted by Gasteiger charge is 2.62. The Labute approximate surface area is 172 Å².